The van der Waals surface area contributed by atoms with E-state index in [0.717, 1.165) is 59.6 Å². The number of anilines is 2. The topological polar surface area (TPSA) is 111 Å². The Labute approximate surface area is 302 Å². The van der Waals surface area contributed by atoms with Crippen LogP contribution in [0.3, 0.4) is 0 Å². The third-order valence-corrected chi connectivity index (χ3v) is 9.68. The average molecular weight is 742 g/mol. The zero-order valence-electron chi connectivity index (χ0n) is 29.2. The molecule has 3 fully saturated rings. The van der Waals surface area contributed by atoms with Gasteiger partial charge in [-0.15, -0.1) is 0 Å². The highest BCUT2D eigenvalue weighted by Gasteiger charge is 2.32. The fourth-order valence-electron chi connectivity index (χ4n) is 6.18. The molecular weight excluding hydrogens is 696 g/mol. The number of rotatable bonds is 13. The maximum atomic E-state index is 11.2. The van der Waals surface area contributed by atoms with Crippen LogP contribution in [-0.2, 0) is 9.59 Å². The van der Waals surface area contributed by atoms with E-state index >= 15 is 0 Å². The zero-order chi connectivity index (χ0) is 35.2. The van der Waals surface area contributed by atoms with Gasteiger partial charge in [0.15, 0.2) is 0 Å². The van der Waals surface area contributed by atoms with Gasteiger partial charge in [-0.05, 0) is 101 Å². The number of ether oxygens (including phenoxy) is 2. The van der Waals surface area contributed by atoms with E-state index in [1.54, 1.807) is 26.2 Å². The van der Waals surface area contributed by atoms with Crippen molar-refractivity contribution in [1.82, 2.24) is 19.9 Å². The van der Waals surface area contributed by atoms with Gasteiger partial charge in [-0.2, -0.15) is 0 Å². The standard InChI is InChI=1S/C21H25N3O2.C18H20BrN3O2/c1-14(9-15(2)25)16-5-7-19(8-6-16)26-20-12-24(13-20)21-22-10-18(11-23-21)17-3-4-17;1-12(7-13(2)23)14-3-5-16(6-4-14)24-17-10-22(11-17)18-20-8-15(19)9-21-18/h5-8,10-11,14,17,20H,3-4,9,12-13H2,1-2H3;3-6,8-9,12,17H,7,10-11H2,1-2H3/t14-;12-/m11/s1. The molecular formula is C39H45BrN6O4. The molecule has 0 radical (unpaired) electrons. The van der Waals surface area contributed by atoms with Crippen LogP contribution >= 0.6 is 15.9 Å². The largest absolute Gasteiger partial charge is 0.487 e. The molecule has 2 saturated heterocycles. The lowest BCUT2D eigenvalue weighted by Crippen LogP contribution is -2.54. The van der Waals surface area contributed by atoms with Gasteiger partial charge >= 0.3 is 0 Å². The van der Waals surface area contributed by atoms with Crippen molar-refractivity contribution < 1.29 is 19.1 Å². The summed E-state index contributed by atoms with van der Waals surface area (Å²) in [6, 6.07) is 16.1. The van der Waals surface area contributed by atoms with Gasteiger partial charge < -0.3 is 28.9 Å². The molecule has 0 bridgehead atoms. The second-order valence-electron chi connectivity index (χ2n) is 13.8. The van der Waals surface area contributed by atoms with Crippen LogP contribution in [0.1, 0.15) is 87.8 Å². The highest BCUT2D eigenvalue weighted by molar-refractivity contribution is 9.10. The van der Waals surface area contributed by atoms with Crippen molar-refractivity contribution in [2.75, 3.05) is 36.0 Å². The molecule has 4 aromatic rings. The molecule has 7 rings (SSSR count). The quantitative estimate of drug-likeness (QED) is 0.139. The minimum Gasteiger partial charge on any atom is -0.487 e. The van der Waals surface area contributed by atoms with E-state index in [4.69, 9.17) is 9.47 Å². The number of carbonyl (C=O) groups excluding carboxylic acids is 2. The summed E-state index contributed by atoms with van der Waals surface area (Å²) >= 11 is 3.33. The van der Waals surface area contributed by atoms with Gasteiger partial charge in [0, 0.05) is 37.6 Å². The number of Topliss-reactive ketones (excluding diaryl/α,β-unsaturated/α-hetero) is 2. The Balaban J connectivity index is 0.000000174. The van der Waals surface area contributed by atoms with E-state index in [-0.39, 0.29) is 35.6 Å². The third-order valence-electron chi connectivity index (χ3n) is 9.27. The first-order valence-electron chi connectivity index (χ1n) is 17.4. The molecule has 1 saturated carbocycles. The maximum Gasteiger partial charge on any atom is 0.225 e. The summed E-state index contributed by atoms with van der Waals surface area (Å²) in [5.74, 6) is 4.87. The first-order valence-corrected chi connectivity index (χ1v) is 18.2. The van der Waals surface area contributed by atoms with Gasteiger partial charge in [0.25, 0.3) is 0 Å². The molecule has 0 amide bonds. The summed E-state index contributed by atoms with van der Waals surface area (Å²) in [5.41, 5.74) is 3.60. The van der Waals surface area contributed by atoms with Crippen molar-refractivity contribution >= 4 is 39.4 Å². The minimum absolute atomic E-state index is 0.151. The fraction of sp³-hybridized carbons (Fsp3) is 0.436. The van der Waals surface area contributed by atoms with Crippen LogP contribution in [0.25, 0.3) is 0 Å². The van der Waals surface area contributed by atoms with Crippen LogP contribution in [0.15, 0.2) is 77.8 Å². The summed E-state index contributed by atoms with van der Waals surface area (Å²) in [4.78, 5) is 44.2. The van der Waals surface area contributed by atoms with Gasteiger partial charge in [-0.3, -0.25) is 0 Å². The molecule has 3 aliphatic rings. The fourth-order valence-corrected chi connectivity index (χ4v) is 6.38. The van der Waals surface area contributed by atoms with Crippen LogP contribution in [0.4, 0.5) is 11.9 Å². The zero-order valence-corrected chi connectivity index (χ0v) is 30.8. The lowest BCUT2D eigenvalue weighted by Gasteiger charge is -2.38. The lowest BCUT2D eigenvalue weighted by atomic mass is 9.96. The summed E-state index contributed by atoms with van der Waals surface area (Å²) in [5, 5.41) is 0. The minimum atomic E-state index is 0.151. The SMILES string of the molecule is CC(=O)C[C@@H](C)c1ccc(OC2CN(c3ncc(Br)cn3)C2)cc1.CC(=O)C[C@@H](C)c1ccc(OC2CN(c3ncc(C4CC4)cn3)C2)cc1. The van der Waals surface area contributed by atoms with Crippen molar-refractivity contribution in [2.24, 2.45) is 0 Å². The number of halogens is 1. The first kappa shape index (κ1) is 35.4. The predicted molar refractivity (Wildman–Crippen MR) is 197 cm³/mol. The molecule has 4 heterocycles. The van der Waals surface area contributed by atoms with Crippen LogP contribution in [0.2, 0.25) is 0 Å². The summed E-state index contributed by atoms with van der Waals surface area (Å²) in [6.45, 7) is 10.6. The number of aromatic nitrogens is 4. The Hall–Kier alpha value is -4.38. The second-order valence-corrected chi connectivity index (χ2v) is 14.7. The van der Waals surface area contributed by atoms with Crippen molar-refractivity contribution in [3.05, 3.63) is 94.5 Å². The lowest BCUT2D eigenvalue weighted by molar-refractivity contribution is -0.118. The average Bonchev–Trinajstić information content (AvgIpc) is 3.91. The highest BCUT2D eigenvalue weighted by atomic mass is 79.9. The molecule has 2 aliphatic heterocycles. The summed E-state index contributed by atoms with van der Waals surface area (Å²) in [6.07, 6.45) is 11.4. The van der Waals surface area contributed by atoms with E-state index in [1.807, 2.05) is 48.8 Å². The monoisotopic (exact) mass is 740 g/mol. The molecule has 0 spiro atoms. The number of hydrogen-bond donors (Lipinski definition) is 0. The van der Waals surface area contributed by atoms with Crippen LogP contribution in [0.5, 0.6) is 11.5 Å². The summed E-state index contributed by atoms with van der Waals surface area (Å²) in [7, 11) is 0. The number of nitrogens with zero attached hydrogens (tertiary/aromatic N) is 6. The van der Waals surface area contributed by atoms with E-state index in [9.17, 15) is 9.59 Å². The molecule has 10 nitrogen and oxygen atoms in total. The Kier molecular flexibility index (Phi) is 11.4. The molecule has 1 aliphatic carbocycles. The van der Waals surface area contributed by atoms with Gasteiger partial charge in [0.2, 0.25) is 11.9 Å². The molecule has 2 aromatic carbocycles. The Bertz CT molecular complexity index is 1720. The third kappa shape index (κ3) is 9.65. The molecule has 50 heavy (non-hydrogen) atoms. The van der Waals surface area contributed by atoms with E-state index in [0.29, 0.717) is 18.8 Å². The molecule has 262 valence electrons. The molecule has 0 unspecified atom stereocenters. The molecule has 0 N–H and O–H groups in total. The number of hydrogen-bond acceptors (Lipinski definition) is 10. The van der Waals surface area contributed by atoms with Gasteiger partial charge in [-0.25, -0.2) is 19.9 Å². The van der Waals surface area contributed by atoms with Crippen LogP contribution in [0, 0.1) is 0 Å². The Morgan fingerprint density at radius 3 is 1.42 bits per heavy atom. The molecule has 2 aromatic heterocycles. The Morgan fingerprint density at radius 2 is 1.06 bits per heavy atom. The van der Waals surface area contributed by atoms with Gasteiger partial charge in [-0.1, -0.05) is 38.1 Å². The van der Waals surface area contributed by atoms with Gasteiger partial charge in [0.1, 0.15) is 35.3 Å². The second kappa shape index (κ2) is 16.1. The van der Waals surface area contributed by atoms with Crippen molar-refractivity contribution in [1.29, 1.82) is 0 Å². The van der Waals surface area contributed by atoms with E-state index < -0.39 is 0 Å². The van der Waals surface area contributed by atoms with Crippen molar-refractivity contribution in [3.8, 4) is 11.5 Å². The predicted octanol–water partition coefficient (Wildman–Crippen LogP) is 7.29. The first-order chi connectivity index (χ1) is 24.1. The number of carbonyl (C=O) groups is 2. The number of ketones is 2. The Morgan fingerprint density at radius 1 is 0.680 bits per heavy atom. The van der Waals surface area contributed by atoms with Crippen LogP contribution in [-0.4, -0.2) is 69.9 Å². The summed E-state index contributed by atoms with van der Waals surface area (Å²) < 4.78 is 12.9. The van der Waals surface area contributed by atoms with Crippen molar-refractivity contribution in [3.63, 3.8) is 0 Å². The van der Waals surface area contributed by atoms with Crippen LogP contribution < -0.4 is 19.3 Å². The van der Waals surface area contributed by atoms with E-state index in [1.165, 1.54) is 24.0 Å². The number of benzene rings is 2. The molecule has 11 heteroatoms. The van der Waals surface area contributed by atoms with Gasteiger partial charge in [0.05, 0.1) is 30.7 Å². The maximum absolute atomic E-state index is 11.2. The normalized spacial score (nSPS) is 17.1. The smallest absolute Gasteiger partial charge is 0.225 e. The van der Waals surface area contributed by atoms with Crippen molar-refractivity contribution in [2.45, 2.75) is 83.3 Å². The van der Waals surface area contributed by atoms with E-state index in [2.05, 4.69) is 71.6 Å². The molecule has 2 atom stereocenters. The highest BCUT2D eigenvalue weighted by Crippen LogP contribution is 2.39.